The lowest BCUT2D eigenvalue weighted by atomic mass is 9.84. The Hall–Kier alpha value is -1.09. The fourth-order valence-corrected chi connectivity index (χ4v) is 1.14. The van der Waals surface area contributed by atoms with Crippen molar-refractivity contribution in [1.29, 1.82) is 0 Å². The van der Waals surface area contributed by atoms with Crippen LogP contribution in [0.5, 0.6) is 0 Å². The summed E-state index contributed by atoms with van der Waals surface area (Å²) in [7, 11) is 1.48. The highest BCUT2D eigenvalue weighted by molar-refractivity contribution is 6.02. The number of hydrogen-bond acceptors (Lipinski definition) is 3. The Morgan fingerprint density at radius 2 is 2.33 bits per heavy atom. The van der Waals surface area contributed by atoms with Gasteiger partial charge < -0.3 is 9.84 Å². The Labute approximate surface area is 71.3 Å². The lowest BCUT2D eigenvalue weighted by Gasteiger charge is -2.20. The van der Waals surface area contributed by atoms with Gasteiger partial charge in [-0.15, -0.1) is 0 Å². The Kier molecular flexibility index (Phi) is 2.06. The van der Waals surface area contributed by atoms with Crippen LogP contribution in [-0.2, 0) is 9.53 Å². The predicted molar refractivity (Wildman–Crippen MR) is 44.4 cm³/mol. The third-order valence-corrected chi connectivity index (χ3v) is 2.31. The van der Waals surface area contributed by atoms with Gasteiger partial charge in [0, 0.05) is 11.6 Å². The molecule has 0 bridgehead atoms. The highest BCUT2D eigenvalue weighted by Gasteiger charge is 2.41. The minimum absolute atomic E-state index is 0.146. The van der Waals surface area contributed by atoms with E-state index in [1.54, 1.807) is 6.92 Å². The molecule has 0 aliphatic heterocycles. The molecule has 0 amide bonds. The van der Waals surface area contributed by atoms with Crippen molar-refractivity contribution in [2.45, 2.75) is 6.92 Å². The van der Waals surface area contributed by atoms with Gasteiger partial charge in [-0.3, -0.25) is 4.79 Å². The average Bonchev–Trinajstić information content (AvgIpc) is 2.30. The minimum atomic E-state index is -0.870. The third-order valence-electron chi connectivity index (χ3n) is 2.31. The molecule has 0 saturated heterocycles. The van der Waals surface area contributed by atoms with Gasteiger partial charge in [0.15, 0.2) is 5.78 Å². The molecule has 3 nitrogen and oxygen atoms in total. The van der Waals surface area contributed by atoms with Crippen LogP contribution >= 0.6 is 0 Å². The molecule has 66 valence electrons. The highest BCUT2D eigenvalue weighted by Crippen LogP contribution is 2.38. The van der Waals surface area contributed by atoms with Gasteiger partial charge in [-0.1, -0.05) is 6.58 Å². The molecule has 0 aromatic rings. The van der Waals surface area contributed by atoms with E-state index in [0.29, 0.717) is 11.3 Å². The van der Waals surface area contributed by atoms with Crippen molar-refractivity contribution in [2.24, 2.45) is 5.41 Å². The summed E-state index contributed by atoms with van der Waals surface area (Å²) in [5.74, 6) is 0.323. The number of hydrogen-bond donors (Lipinski definition) is 1. The number of methoxy groups -OCH3 is 1. The van der Waals surface area contributed by atoms with Gasteiger partial charge in [0.05, 0.1) is 19.1 Å². The number of ketones is 1. The van der Waals surface area contributed by atoms with Crippen molar-refractivity contribution in [3.05, 3.63) is 24.0 Å². The molecule has 1 rings (SSSR count). The summed E-state index contributed by atoms with van der Waals surface area (Å²) < 4.78 is 4.92. The number of allylic oxidation sites excluding steroid dienone is 2. The summed E-state index contributed by atoms with van der Waals surface area (Å²) in [6.45, 7) is 5.13. The summed E-state index contributed by atoms with van der Waals surface area (Å²) in [5, 5.41) is 9.01. The Balaban J connectivity index is 3.03. The van der Waals surface area contributed by atoms with Crippen molar-refractivity contribution >= 4 is 5.78 Å². The number of ether oxygens (including phenoxy) is 1. The van der Waals surface area contributed by atoms with Crippen molar-refractivity contribution in [2.75, 3.05) is 13.7 Å². The maximum absolute atomic E-state index is 11.3. The van der Waals surface area contributed by atoms with E-state index in [1.165, 1.54) is 13.2 Å². The van der Waals surface area contributed by atoms with Gasteiger partial charge in [0.25, 0.3) is 0 Å². The van der Waals surface area contributed by atoms with Gasteiger partial charge in [-0.25, -0.2) is 0 Å². The van der Waals surface area contributed by atoms with Crippen LogP contribution < -0.4 is 0 Å². The number of aliphatic hydroxyl groups excluding tert-OH is 1. The van der Waals surface area contributed by atoms with Crippen LogP contribution in [0.1, 0.15) is 6.92 Å². The molecule has 3 heteroatoms. The van der Waals surface area contributed by atoms with Crippen LogP contribution in [0.4, 0.5) is 0 Å². The SMILES string of the molecule is C=C1C(OC)=CC(=O)[C@]1(C)CO. The first-order valence-corrected chi connectivity index (χ1v) is 3.67. The molecule has 0 unspecified atom stereocenters. The summed E-state index contributed by atoms with van der Waals surface area (Å²) in [6.07, 6.45) is 1.37. The zero-order valence-electron chi connectivity index (χ0n) is 7.26. The van der Waals surface area contributed by atoms with E-state index in [1.807, 2.05) is 0 Å². The molecule has 1 N–H and O–H groups in total. The first kappa shape index (κ1) is 9.00. The normalized spacial score (nSPS) is 29.1. The summed E-state index contributed by atoms with van der Waals surface area (Å²) in [6, 6.07) is 0. The lowest BCUT2D eigenvalue weighted by Crippen LogP contribution is -2.28. The maximum Gasteiger partial charge on any atom is 0.172 e. The molecule has 0 saturated carbocycles. The van der Waals surface area contributed by atoms with E-state index < -0.39 is 5.41 Å². The van der Waals surface area contributed by atoms with Crippen LogP contribution in [-0.4, -0.2) is 24.6 Å². The van der Waals surface area contributed by atoms with Crippen molar-refractivity contribution in [3.8, 4) is 0 Å². The second kappa shape index (κ2) is 2.75. The Morgan fingerprint density at radius 3 is 2.58 bits per heavy atom. The number of carbonyl (C=O) groups is 1. The zero-order valence-corrected chi connectivity index (χ0v) is 7.26. The molecule has 1 atom stereocenters. The van der Waals surface area contributed by atoms with Gasteiger partial charge in [-0.05, 0) is 6.92 Å². The first-order valence-electron chi connectivity index (χ1n) is 3.67. The van der Waals surface area contributed by atoms with Crippen LogP contribution in [0, 0.1) is 5.41 Å². The third kappa shape index (κ3) is 0.975. The molecule has 0 fully saturated rings. The number of rotatable bonds is 2. The standard InChI is InChI=1S/C9H12O3/c1-6-7(12-3)4-8(11)9(6,2)5-10/h4,10H,1,5H2,2-3H3/t9-/m1/s1. The molecule has 1 aliphatic carbocycles. The summed E-state index contributed by atoms with van der Waals surface area (Å²) in [4.78, 5) is 11.3. The highest BCUT2D eigenvalue weighted by atomic mass is 16.5. The molecular weight excluding hydrogens is 156 g/mol. The van der Waals surface area contributed by atoms with Gasteiger partial charge in [0.1, 0.15) is 5.76 Å². The smallest absolute Gasteiger partial charge is 0.172 e. The second-order valence-corrected chi connectivity index (χ2v) is 3.05. The second-order valence-electron chi connectivity index (χ2n) is 3.05. The van der Waals surface area contributed by atoms with E-state index in [0.717, 1.165) is 0 Å². The predicted octanol–water partition coefficient (Wildman–Crippen LogP) is 0.654. The average molecular weight is 168 g/mol. The van der Waals surface area contributed by atoms with Crippen molar-refractivity contribution in [1.82, 2.24) is 0 Å². The van der Waals surface area contributed by atoms with E-state index >= 15 is 0 Å². The zero-order chi connectivity index (χ0) is 9.35. The monoisotopic (exact) mass is 168 g/mol. The molecule has 12 heavy (non-hydrogen) atoms. The quantitative estimate of drug-likeness (QED) is 0.658. The largest absolute Gasteiger partial charge is 0.496 e. The number of carbonyl (C=O) groups excluding carboxylic acids is 1. The van der Waals surface area contributed by atoms with Gasteiger partial charge in [-0.2, -0.15) is 0 Å². The Bertz CT molecular complexity index is 265. The molecule has 0 aromatic heterocycles. The van der Waals surface area contributed by atoms with Crippen LogP contribution in [0.2, 0.25) is 0 Å². The van der Waals surface area contributed by atoms with Gasteiger partial charge in [0.2, 0.25) is 0 Å². The minimum Gasteiger partial charge on any atom is -0.496 e. The van der Waals surface area contributed by atoms with Crippen LogP contribution in [0.25, 0.3) is 0 Å². The van der Waals surface area contributed by atoms with E-state index in [9.17, 15) is 4.79 Å². The van der Waals surface area contributed by atoms with Crippen LogP contribution in [0.3, 0.4) is 0 Å². The molecule has 1 aliphatic rings. The number of aliphatic hydroxyl groups is 1. The fourth-order valence-electron chi connectivity index (χ4n) is 1.14. The summed E-state index contributed by atoms with van der Waals surface area (Å²) in [5.41, 5.74) is -0.316. The van der Waals surface area contributed by atoms with Crippen molar-refractivity contribution in [3.63, 3.8) is 0 Å². The fraction of sp³-hybridized carbons (Fsp3) is 0.444. The van der Waals surface area contributed by atoms with E-state index in [-0.39, 0.29) is 12.4 Å². The van der Waals surface area contributed by atoms with E-state index in [4.69, 9.17) is 9.84 Å². The topological polar surface area (TPSA) is 46.5 Å². The molecule has 0 spiro atoms. The van der Waals surface area contributed by atoms with Crippen molar-refractivity contribution < 1.29 is 14.6 Å². The van der Waals surface area contributed by atoms with E-state index in [2.05, 4.69) is 6.58 Å². The molecule has 0 aromatic carbocycles. The Morgan fingerprint density at radius 1 is 1.75 bits per heavy atom. The molecular formula is C9H12O3. The molecule has 0 heterocycles. The maximum atomic E-state index is 11.3. The lowest BCUT2D eigenvalue weighted by molar-refractivity contribution is -0.122. The van der Waals surface area contributed by atoms with Gasteiger partial charge >= 0.3 is 0 Å². The first-order chi connectivity index (χ1) is 5.56. The summed E-state index contributed by atoms with van der Waals surface area (Å²) >= 11 is 0. The van der Waals surface area contributed by atoms with Crippen LogP contribution in [0.15, 0.2) is 24.0 Å². The molecule has 0 radical (unpaired) electrons.